The Morgan fingerprint density at radius 2 is 2.00 bits per heavy atom. The third kappa shape index (κ3) is 3.48. The van der Waals surface area contributed by atoms with E-state index in [0.717, 1.165) is 11.1 Å². The van der Waals surface area contributed by atoms with E-state index in [1.165, 1.54) is 6.92 Å². The van der Waals surface area contributed by atoms with Gasteiger partial charge >= 0.3 is 0 Å². The van der Waals surface area contributed by atoms with E-state index in [1.807, 2.05) is 6.92 Å². The van der Waals surface area contributed by atoms with Gasteiger partial charge in [-0.15, -0.1) is 0 Å². The molecule has 1 aliphatic rings. The normalized spacial score (nSPS) is 16.5. The lowest BCUT2D eigenvalue weighted by Crippen LogP contribution is -2.33. The summed E-state index contributed by atoms with van der Waals surface area (Å²) in [6.07, 6.45) is 0.689. The summed E-state index contributed by atoms with van der Waals surface area (Å²) in [4.78, 5) is 13.7. The number of benzene rings is 2. The average Bonchev–Trinajstić information content (AvgIpc) is 2.84. The van der Waals surface area contributed by atoms with Crippen LogP contribution in [0.25, 0.3) is 0 Å². The van der Waals surface area contributed by atoms with E-state index >= 15 is 0 Å². The van der Waals surface area contributed by atoms with Gasteiger partial charge in [0.15, 0.2) is 0 Å². The number of amides is 1. The van der Waals surface area contributed by atoms with Gasteiger partial charge in [-0.2, -0.15) is 0 Å². The molecule has 138 valence electrons. The SMILES string of the molecule is CC(=O)N1c2cc(S(=O)(=O)Nc3cc(Cl)ccc3C)c(Br)cc2C[C@H]1C. The van der Waals surface area contributed by atoms with E-state index in [9.17, 15) is 13.2 Å². The molecule has 2 aromatic rings. The molecule has 8 heteroatoms. The van der Waals surface area contributed by atoms with Crippen LogP contribution in [0.1, 0.15) is 25.0 Å². The first kappa shape index (κ1) is 19.2. The second-order valence-corrected chi connectivity index (χ2v) is 9.36. The summed E-state index contributed by atoms with van der Waals surface area (Å²) >= 11 is 9.34. The third-order valence-corrected chi connectivity index (χ3v) is 6.98. The molecule has 2 aromatic carbocycles. The molecule has 1 heterocycles. The van der Waals surface area contributed by atoms with Crippen LogP contribution in [0.4, 0.5) is 11.4 Å². The molecule has 0 radical (unpaired) electrons. The van der Waals surface area contributed by atoms with Crippen molar-refractivity contribution in [2.24, 2.45) is 0 Å². The van der Waals surface area contributed by atoms with Gasteiger partial charge in [-0.05, 0) is 71.6 Å². The first-order valence-corrected chi connectivity index (χ1v) is 10.7. The number of sulfonamides is 1. The van der Waals surface area contributed by atoms with Gasteiger partial charge < -0.3 is 4.90 Å². The zero-order chi connectivity index (χ0) is 19.2. The van der Waals surface area contributed by atoms with Crippen molar-refractivity contribution >= 4 is 54.8 Å². The minimum Gasteiger partial charge on any atom is -0.309 e. The van der Waals surface area contributed by atoms with Gasteiger partial charge in [0, 0.05) is 28.1 Å². The monoisotopic (exact) mass is 456 g/mol. The highest BCUT2D eigenvalue weighted by molar-refractivity contribution is 9.10. The van der Waals surface area contributed by atoms with Crippen molar-refractivity contribution in [3.63, 3.8) is 0 Å². The Labute approximate surface area is 166 Å². The predicted octanol–water partition coefficient (Wildman–Crippen LogP) is 4.51. The minimum atomic E-state index is -3.86. The Balaban J connectivity index is 2.06. The van der Waals surface area contributed by atoms with Gasteiger partial charge in [0.05, 0.1) is 5.69 Å². The summed E-state index contributed by atoms with van der Waals surface area (Å²) in [5.41, 5.74) is 2.75. The lowest BCUT2D eigenvalue weighted by molar-refractivity contribution is -0.116. The molecule has 1 aliphatic heterocycles. The molecule has 5 nitrogen and oxygen atoms in total. The molecule has 1 amide bonds. The number of aryl methyl sites for hydroxylation is 1. The van der Waals surface area contributed by atoms with Crippen LogP contribution in [0.3, 0.4) is 0 Å². The van der Waals surface area contributed by atoms with E-state index in [0.29, 0.717) is 27.3 Å². The Morgan fingerprint density at radius 1 is 1.31 bits per heavy atom. The molecular formula is C18H18BrClN2O3S. The number of carbonyl (C=O) groups excluding carboxylic acids is 1. The number of nitrogens with one attached hydrogen (secondary N) is 1. The van der Waals surface area contributed by atoms with Crippen molar-refractivity contribution in [1.29, 1.82) is 0 Å². The second-order valence-electron chi connectivity index (χ2n) is 6.42. The first-order chi connectivity index (χ1) is 12.1. The molecule has 3 rings (SSSR count). The van der Waals surface area contributed by atoms with Crippen LogP contribution >= 0.6 is 27.5 Å². The van der Waals surface area contributed by atoms with E-state index in [4.69, 9.17) is 11.6 Å². The highest BCUT2D eigenvalue weighted by atomic mass is 79.9. The summed E-state index contributed by atoms with van der Waals surface area (Å²) < 4.78 is 29.0. The van der Waals surface area contributed by atoms with Gasteiger partial charge in [0.25, 0.3) is 10.0 Å². The number of hydrogen-bond acceptors (Lipinski definition) is 3. The fourth-order valence-electron chi connectivity index (χ4n) is 3.21. The molecule has 0 unspecified atom stereocenters. The lowest BCUT2D eigenvalue weighted by atomic mass is 10.1. The van der Waals surface area contributed by atoms with Crippen molar-refractivity contribution in [2.75, 3.05) is 9.62 Å². The van der Waals surface area contributed by atoms with Crippen molar-refractivity contribution < 1.29 is 13.2 Å². The smallest absolute Gasteiger partial charge is 0.263 e. The van der Waals surface area contributed by atoms with Crippen LogP contribution in [0.2, 0.25) is 5.02 Å². The minimum absolute atomic E-state index is 0.00418. The van der Waals surface area contributed by atoms with Crippen LogP contribution in [-0.4, -0.2) is 20.4 Å². The Morgan fingerprint density at radius 3 is 2.65 bits per heavy atom. The van der Waals surface area contributed by atoms with Crippen LogP contribution < -0.4 is 9.62 Å². The lowest BCUT2D eigenvalue weighted by Gasteiger charge is -2.21. The summed E-state index contributed by atoms with van der Waals surface area (Å²) in [6, 6.07) is 8.33. The first-order valence-electron chi connectivity index (χ1n) is 8.01. The number of rotatable bonds is 3. The summed E-state index contributed by atoms with van der Waals surface area (Å²) in [6.45, 7) is 5.22. The maximum atomic E-state index is 13.0. The molecule has 0 bridgehead atoms. The maximum absolute atomic E-state index is 13.0. The quantitative estimate of drug-likeness (QED) is 0.737. The maximum Gasteiger partial charge on any atom is 0.263 e. The zero-order valence-corrected chi connectivity index (χ0v) is 17.7. The number of fused-ring (bicyclic) bond motifs is 1. The van der Waals surface area contributed by atoms with Crippen LogP contribution in [0.5, 0.6) is 0 Å². The van der Waals surface area contributed by atoms with E-state index in [-0.39, 0.29) is 16.8 Å². The highest BCUT2D eigenvalue weighted by Crippen LogP contribution is 2.38. The standard InChI is InChI=1S/C18H18BrClN2O3S/c1-10-4-5-14(20)8-16(10)21-26(24,25)18-9-17-13(7-15(18)19)6-11(2)22(17)12(3)23/h4-5,7-9,11,21H,6H2,1-3H3/t11-/m1/s1. The van der Waals surface area contributed by atoms with E-state index in [2.05, 4.69) is 20.7 Å². The van der Waals surface area contributed by atoms with Crippen molar-refractivity contribution in [3.05, 3.63) is 51.0 Å². The van der Waals surface area contributed by atoms with Crippen LogP contribution in [0, 0.1) is 6.92 Å². The van der Waals surface area contributed by atoms with Gasteiger partial charge in [0.1, 0.15) is 4.90 Å². The predicted molar refractivity (Wildman–Crippen MR) is 107 cm³/mol. The molecule has 1 N–H and O–H groups in total. The molecule has 0 aliphatic carbocycles. The van der Waals surface area contributed by atoms with Crippen molar-refractivity contribution in [3.8, 4) is 0 Å². The molecule has 0 saturated carbocycles. The summed E-state index contributed by atoms with van der Waals surface area (Å²) in [5.74, 6) is -0.111. The Kier molecular flexibility index (Phi) is 5.07. The number of carbonyl (C=O) groups is 1. The highest BCUT2D eigenvalue weighted by Gasteiger charge is 2.32. The van der Waals surface area contributed by atoms with E-state index in [1.54, 1.807) is 42.2 Å². The Bertz CT molecular complexity index is 1010. The molecule has 0 fully saturated rings. The number of hydrogen-bond donors (Lipinski definition) is 1. The van der Waals surface area contributed by atoms with Crippen LogP contribution in [-0.2, 0) is 21.2 Å². The van der Waals surface area contributed by atoms with Gasteiger partial charge in [-0.1, -0.05) is 17.7 Å². The molecule has 0 spiro atoms. The summed E-state index contributed by atoms with van der Waals surface area (Å²) in [5, 5.41) is 0.442. The number of halogens is 2. The second kappa shape index (κ2) is 6.87. The fourth-order valence-corrected chi connectivity index (χ4v) is 5.61. The molecule has 0 saturated heterocycles. The zero-order valence-electron chi connectivity index (χ0n) is 14.5. The number of nitrogens with zero attached hydrogens (tertiary/aromatic N) is 1. The largest absolute Gasteiger partial charge is 0.309 e. The average molecular weight is 458 g/mol. The van der Waals surface area contributed by atoms with Gasteiger partial charge in [-0.25, -0.2) is 8.42 Å². The third-order valence-electron chi connectivity index (χ3n) is 4.42. The van der Waals surface area contributed by atoms with E-state index < -0.39 is 10.0 Å². The van der Waals surface area contributed by atoms with Gasteiger partial charge in [0.2, 0.25) is 5.91 Å². The molecule has 1 atom stereocenters. The topological polar surface area (TPSA) is 66.5 Å². The number of anilines is 2. The molecular weight excluding hydrogens is 440 g/mol. The molecule has 0 aromatic heterocycles. The van der Waals surface area contributed by atoms with Crippen LogP contribution in [0.15, 0.2) is 39.7 Å². The van der Waals surface area contributed by atoms with Gasteiger partial charge in [-0.3, -0.25) is 9.52 Å². The fraction of sp³-hybridized carbons (Fsp3) is 0.278. The Hall–Kier alpha value is -1.57. The molecule has 26 heavy (non-hydrogen) atoms. The summed E-state index contributed by atoms with van der Waals surface area (Å²) in [7, 11) is -3.86. The van der Waals surface area contributed by atoms with Crippen molar-refractivity contribution in [2.45, 2.75) is 38.1 Å². The van der Waals surface area contributed by atoms with Crippen molar-refractivity contribution in [1.82, 2.24) is 0 Å².